The van der Waals surface area contributed by atoms with E-state index in [1.807, 2.05) is 75.4 Å². The number of hydrogen-bond acceptors (Lipinski definition) is 5. The molecule has 0 radical (unpaired) electrons. The van der Waals surface area contributed by atoms with Gasteiger partial charge in [-0.3, -0.25) is 4.79 Å². The molecular formula is C35H36N2O5S2. The second-order valence-corrected chi connectivity index (χ2v) is 15.7. The molecule has 4 aromatic rings. The Balaban J connectivity index is 1.50. The summed E-state index contributed by atoms with van der Waals surface area (Å²) < 4.78 is 60.5. The molecule has 2 heterocycles. The summed E-state index contributed by atoms with van der Waals surface area (Å²) in [7, 11) is -8.10. The summed E-state index contributed by atoms with van der Waals surface area (Å²) in [5.74, 6) is -0.956. The molecule has 2 aliphatic heterocycles. The standard InChI is InChI=1S/C35H36N2O5S2/c1-24-9-15-28(16-10-24)32-21-34-31(23-36(32)43(39,40)29-17-11-25(2)12-18-29)35(38)22-33(27-7-5-4-6-8-27)37(34)44(41,42)30-19-13-26(3)14-20-30/h4-20,31-34H,21-23H2,1-3H3/t31-,32?,33?,34+/m1/s1. The summed E-state index contributed by atoms with van der Waals surface area (Å²) in [5, 5.41) is 0. The fourth-order valence-electron chi connectivity index (χ4n) is 6.53. The second-order valence-electron chi connectivity index (χ2n) is 12.0. The van der Waals surface area contributed by atoms with Crippen molar-refractivity contribution in [2.45, 2.75) is 61.5 Å². The molecule has 2 aliphatic rings. The number of sulfonamides is 2. The molecule has 4 aromatic carbocycles. The maximum atomic E-state index is 14.5. The third kappa shape index (κ3) is 5.54. The van der Waals surface area contributed by atoms with Crippen molar-refractivity contribution in [2.75, 3.05) is 6.54 Å². The fourth-order valence-corrected chi connectivity index (χ4v) is 10.0. The molecule has 0 N–H and O–H groups in total. The van der Waals surface area contributed by atoms with Gasteiger partial charge in [0.2, 0.25) is 20.0 Å². The number of nitrogens with zero attached hydrogens (tertiary/aromatic N) is 2. The Labute approximate surface area is 260 Å². The normalized spacial score (nSPS) is 23.3. The second kappa shape index (κ2) is 11.7. The van der Waals surface area contributed by atoms with Crippen LogP contribution in [0.3, 0.4) is 0 Å². The molecule has 0 bridgehead atoms. The van der Waals surface area contributed by atoms with Gasteiger partial charge in [0.05, 0.1) is 21.9 Å². The van der Waals surface area contributed by atoms with E-state index in [9.17, 15) is 21.6 Å². The Morgan fingerprint density at radius 3 is 1.61 bits per heavy atom. The lowest BCUT2D eigenvalue weighted by Gasteiger charge is -2.51. The summed E-state index contributed by atoms with van der Waals surface area (Å²) in [6.07, 6.45) is 0.100. The number of Topliss-reactive ketones (excluding diaryl/α,β-unsaturated/α-hetero) is 1. The molecule has 9 heteroatoms. The van der Waals surface area contributed by atoms with Gasteiger partial charge in [0, 0.05) is 24.9 Å². The van der Waals surface area contributed by atoms with Crippen LogP contribution >= 0.6 is 0 Å². The largest absolute Gasteiger partial charge is 0.299 e. The van der Waals surface area contributed by atoms with Crippen LogP contribution in [-0.4, -0.2) is 43.8 Å². The summed E-state index contributed by atoms with van der Waals surface area (Å²) >= 11 is 0. The highest BCUT2D eigenvalue weighted by Crippen LogP contribution is 2.48. The minimum absolute atomic E-state index is 0.0378. The molecule has 4 atom stereocenters. The van der Waals surface area contributed by atoms with Crippen LogP contribution in [0.25, 0.3) is 0 Å². The van der Waals surface area contributed by atoms with Gasteiger partial charge in [0.1, 0.15) is 5.78 Å². The molecule has 6 rings (SSSR count). The van der Waals surface area contributed by atoms with Crippen LogP contribution in [-0.2, 0) is 24.8 Å². The molecule has 44 heavy (non-hydrogen) atoms. The molecule has 0 saturated carbocycles. The molecule has 2 fully saturated rings. The molecule has 0 aromatic heterocycles. The first kappa shape index (κ1) is 30.4. The lowest BCUT2D eigenvalue weighted by atomic mass is 9.77. The Kier molecular flexibility index (Phi) is 8.09. The van der Waals surface area contributed by atoms with Gasteiger partial charge >= 0.3 is 0 Å². The van der Waals surface area contributed by atoms with Crippen molar-refractivity contribution in [1.82, 2.24) is 8.61 Å². The summed E-state index contributed by atoms with van der Waals surface area (Å²) in [6.45, 7) is 5.64. The van der Waals surface area contributed by atoms with E-state index < -0.39 is 44.1 Å². The predicted molar refractivity (Wildman–Crippen MR) is 170 cm³/mol. The molecule has 2 unspecified atom stereocenters. The maximum absolute atomic E-state index is 14.5. The average molecular weight is 629 g/mol. The molecule has 0 spiro atoms. The number of fused-ring (bicyclic) bond motifs is 1. The van der Waals surface area contributed by atoms with Gasteiger partial charge in [0.15, 0.2) is 0 Å². The van der Waals surface area contributed by atoms with Crippen molar-refractivity contribution in [3.05, 3.63) is 131 Å². The number of aryl methyl sites for hydroxylation is 3. The van der Waals surface area contributed by atoms with Gasteiger partial charge in [-0.1, -0.05) is 95.6 Å². The zero-order valence-corrected chi connectivity index (χ0v) is 26.6. The molecule has 0 aliphatic carbocycles. The third-order valence-corrected chi connectivity index (χ3v) is 12.8. The quantitative estimate of drug-likeness (QED) is 0.256. The van der Waals surface area contributed by atoms with Crippen molar-refractivity contribution < 1.29 is 21.6 Å². The highest BCUT2D eigenvalue weighted by Gasteiger charge is 2.54. The minimum Gasteiger partial charge on any atom is -0.299 e. The van der Waals surface area contributed by atoms with Crippen molar-refractivity contribution >= 4 is 25.8 Å². The third-order valence-electron chi connectivity index (χ3n) is 8.97. The van der Waals surface area contributed by atoms with Crippen LogP contribution in [0.2, 0.25) is 0 Å². The topological polar surface area (TPSA) is 91.8 Å². The van der Waals surface area contributed by atoms with Crippen LogP contribution < -0.4 is 0 Å². The van der Waals surface area contributed by atoms with E-state index in [-0.39, 0.29) is 35.0 Å². The molecule has 2 saturated heterocycles. The van der Waals surface area contributed by atoms with Gasteiger partial charge in [-0.15, -0.1) is 0 Å². The van der Waals surface area contributed by atoms with E-state index in [0.29, 0.717) is 0 Å². The van der Waals surface area contributed by atoms with Crippen LogP contribution in [0.5, 0.6) is 0 Å². The summed E-state index contributed by atoms with van der Waals surface area (Å²) in [6, 6.07) is 28.2. The van der Waals surface area contributed by atoms with Crippen LogP contribution in [0, 0.1) is 26.7 Å². The van der Waals surface area contributed by atoms with Crippen molar-refractivity contribution in [3.63, 3.8) is 0 Å². The number of carbonyl (C=O) groups is 1. The molecular weight excluding hydrogens is 593 g/mol. The van der Waals surface area contributed by atoms with Gasteiger partial charge in [-0.25, -0.2) is 16.8 Å². The van der Waals surface area contributed by atoms with Gasteiger partial charge < -0.3 is 0 Å². The zero-order valence-electron chi connectivity index (χ0n) is 25.0. The minimum atomic E-state index is -4.08. The van der Waals surface area contributed by atoms with E-state index in [2.05, 4.69) is 0 Å². The van der Waals surface area contributed by atoms with Gasteiger partial charge in [-0.2, -0.15) is 8.61 Å². The number of hydrogen-bond donors (Lipinski definition) is 0. The summed E-state index contributed by atoms with van der Waals surface area (Å²) in [5.41, 5.74) is 4.38. The number of carbonyl (C=O) groups excluding carboxylic acids is 1. The number of piperidine rings is 2. The first-order valence-corrected chi connectivity index (χ1v) is 17.7. The van der Waals surface area contributed by atoms with Crippen LogP contribution in [0.1, 0.15) is 52.7 Å². The van der Waals surface area contributed by atoms with Crippen molar-refractivity contribution in [1.29, 1.82) is 0 Å². The van der Waals surface area contributed by atoms with E-state index in [0.717, 1.165) is 27.8 Å². The first-order chi connectivity index (χ1) is 21.0. The maximum Gasteiger partial charge on any atom is 0.243 e. The lowest BCUT2D eigenvalue weighted by molar-refractivity contribution is -0.132. The van der Waals surface area contributed by atoms with Gasteiger partial charge in [-0.05, 0) is 62.6 Å². The van der Waals surface area contributed by atoms with Crippen molar-refractivity contribution in [3.8, 4) is 0 Å². The van der Waals surface area contributed by atoms with Gasteiger partial charge in [0.25, 0.3) is 0 Å². The van der Waals surface area contributed by atoms with Crippen LogP contribution in [0.4, 0.5) is 0 Å². The Bertz CT molecular complexity index is 1870. The fraction of sp³-hybridized carbons (Fsp3) is 0.286. The monoisotopic (exact) mass is 628 g/mol. The SMILES string of the molecule is Cc1ccc(C2C[C@H]3[C@@H](CN2S(=O)(=O)c2ccc(C)cc2)C(=O)CC(c2ccccc2)N3S(=O)(=O)c2ccc(C)cc2)cc1. The Morgan fingerprint density at radius 1 is 0.591 bits per heavy atom. The molecule has 228 valence electrons. The number of ketones is 1. The predicted octanol–water partition coefficient (Wildman–Crippen LogP) is 6.14. The smallest absolute Gasteiger partial charge is 0.243 e. The molecule has 7 nitrogen and oxygen atoms in total. The van der Waals surface area contributed by atoms with E-state index in [1.165, 1.54) is 8.61 Å². The van der Waals surface area contributed by atoms with E-state index in [1.54, 1.807) is 48.5 Å². The molecule has 0 amide bonds. The Hall–Kier alpha value is -3.63. The van der Waals surface area contributed by atoms with Crippen LogP contribution in [0.15, 0.2) is 113 Å². The van der Waals surface area contributed by atoms with Crippen molar-refractivity contribution in [2.24, 2.45) is 5.92 Å². The first-order valence-electron chi connectivity index (χ1n) is 14.8. The lowest BCUT2D eigenvalue weighted by Crippen LogP contribution is -2.60. The Morgan fingerprint density at radius 2 is 1.07 bits per heavy atom. The average Bonchev–Trinajstić information content (AvgIpc) is 3.01. The number of benzene rings is 4. The number of rotatable bonds is 6. The highest BCUT2D eigenvalue weighted by molar-refractivity contribution is 7.89. The highest BCUT2D eigenvalue weighted by atomic mass is 32.2. The summed E-state index contributed by atoms with van der Waals surface area (Å²) in [4.78, 5) is 14.3. The van der Waals surface area contributed by atoms with E-state index >= 15 is 0 Å². The zero-order chi connectivity index (χ0) is 31.2. The van der Waals surface area contributed by atoms with E-state index in [4.69, 9.17) is 0 Å².